The number of aromatic nitrogens is 1. The van der Waals surface area contributed by atoms with Crippen molar-refractivity contribution in [3.63, 3.8) is 0 Å². The zero-order chi connectivity index (χ0) is 23.8. The summed E-state index contributed by atoms with van der Waals surface area (Å²) < 4.78 is 0. The molecule has 0 bridgehead atoms. The zero-order valence-electron chi connectivity index (χ0n) is 22.4. The Bertz CT molecular complexity index is 752. The normalized spacial score (nSPS) is 18.3. The summed E-state index contributed by atoms with van der Waals surface area (Å²) >= 11 is 0. The molecule has 34 heavy (non-hydrogen) atoms. The first-order valence-electron chi connectivity index (χ1n) is 14.8. The van der Waals surface area contributed by atoms with Crippen molar-refractivity contribution in [3.8, 4) is 11.3 Å². The highest BCUT2D eigenvalue weighted by molar-refractivity contribution is 5.59. The van der Waals surface area contributed by atoms with Crippen molar-refractivity contribution in [2.45, 2.75) is 129 Å². The fraction of sp³-hybridized carbons (Fsp3) is 0.667. The summed E-state index contributed by atoms with van der Waals surface area (Å²) in [6.45, 7) is 4.57. The van der Waals surface area contributed by atoms with Crippen molar-refractivity contribution < 1.29 is 0 Å². The monoisotopic (exact) mass is 461 g/mol. The molecule has 0 aliphatic heterocycles. The van der Waals surface area contributed by atoms with E-state index in [2.05, 4.69) is 56.4 Å². The maximum absolute atomic E-state index is 4.74. The Morgan fingerprint density at radius 3 is 1.82 bits per heavy atom. The lowest BCUT2D eigenvalue weighted by Gasteiger charge is -2.28. The predicted molar refractivity (Wildman–Crippen MR) is 149 cm³/mol. The minimum Gasteiger partial charge on any atom is -0.256 e. The molecule has 0 amide bonds. The van der Waals surface area contributed by atoms with Gasteiger partial charge in [0.15, 0.2) is 0 Å². The summed E-state index contributed by atoms with van der Waals surface area (Å²) in [5.74, 6) is 1.98. The van der Waals surface area contributed by atoms with Gasteiger partial charge < -0.3 is 0 Å². The number of unbranched alkanes of at least 4 members (excludes halogenated alkanes) is 8. The SMILES string of the molecule is CCCCCCCC[C@H]1CC[C@H](CCc2ccc(-c3ccc(CCCCCC)cn3)cc2)CC1. The van der Waals surface area contributed by atoms with Crippen LogP contribution in [0.3, 0.4) is 0 Å². The number of benzene rings is 1. The van der Waals surface area contributed by atoms with Crippen LogP contribution in [-0.4, -0.2) is 4.98 Å². The van der Waals surface area contributed by atoms with Gasteiger partial charge in [0, 0.05) is 11.8 Å². The van der Waals surface area contributed by atoms with E-state index in [0.717, 1.165) is 24.0 Å². The molecule has 0 N–H and O–H groups in total. The molecule has 1 fully saturated rings. The topological polar surface area (TPSA) is 12.9 Å². The van der Waals surface area contributed by atoms with E-state index in [1.54, 1.807) is 0 Å². The molecule has 0 spiro atoms. The fourth-order valence-corrected chi connectivity index (χ4v) is 5.73. The van der Waals surface area contributed by atoms with Gasteiger partial charge in [-0.25, -0.2) is 0 Å². The van der Waals surface area contributed by atoms with Crippen molar-refractivity contribution in [2.75, 3.05) is 0 Å². The molecule has 1 heteroatoms. The van der Waals surface area contributed by atoms with Crippen molar-refractivity contribution in [2.24, 2.45) is 11.8 Å². The van der Waals surface area contributed by atoms with Crippen LogP contribution in [0.2, 0.25) is 0 Å². The highest BCUT2D eigenvalue weighted by Gasteiger charge is 2.20. The third-order valence-corrected chi connectivity index (χ3v) is 8.17. The molecule has 0 atom stereocenters. The first-order valence-corrected chi connectivity index (χ1v) is 14.8. The van der Waals surface area contributed by atoms with E-state index >= 15 is 0 Å². The molecule has 188 valence electrons. The van der Waals surface area contributed by atoms with Gasteiger partial charge in [0.2, 0.25) is 0 Å². The highest BCUT2D eigenvalue weighted by Crippen LogP contribution is 2.34. The second kappa shape index (κ2) is 16.1. The minimum absolute atomic E-state index is 0.951. The molecule has 1 heterocycles. The van der Waals surface area contributed by atoms with Crippen LogP contribution in [0.25, 0.3) is 11.3 Å². The molecular weight excluding hydrogens is 410 g/mol. The number of pyridine rings is 1. The van der Waals surface area contributed by atoms with E-state index in [1.165, 1.54) is 126 Å². The Hall–Kier alpha value is -1.63. The van der Waals surface area contributed by atoms with Crippen LogP contribution < -0.4 is 0 Å². The standard InChI is InChI=1S/C33H51N/c1-3-5-7-9-10-12-13-28-15-17-29(18-16-28)19-20-30-21-24-32(25-22-30)33-26-23-31(27-34-33)14-11-8-6-4-2/h21-29H,3-20H2,1-2H3/t28-,29-. The van der Waals surface area contributed by atoms with E-state index in [-0.39, 0.29) is 0 Å². The van der Waals surface area contributed by atoms with Crippen LogP contribution in [-0.2, 0) is 12.8 Å². The third kappa shape index (κ3) is 9.93. The van der Waals surface area contributed by atoms with E-state index in [1.807, 2.05) is 0 Å². The Labute approximate surface area is 211 Å². The summed E-state index contributed by atoms with van der Waals surface area (Å²) in [5.41, 5.74) is 5.22. The van der Waals surface area contributed by atoms with Crippen LogP contribution >= 0.6 is 0 Å². The van der Waals surface area contributed by atoms with Crippen LogP contribution in [0.4, 0.5) is 0 Å². The van der Waals surface area contributed by atoms with E-state index in [0.29, 0.717) is 0 Å². The largest absolute Gasteiger partial charge is 0.256 e. The Morgan fingerprint density at radius 2 is 1.18 bits per heavy atom. The lowest BCUT2D eigenvalue weighted by Crippen LogP contribution is -2.15. The van der Waals surface area contributed by atoms with E-state index in [4.69, 9.17) is 4.98 Å². The van der Waals surface area contributed by atoms with Gasteiger partial charge in [0.1, 0.15) is 0 Å². The molecule has 0 radical (unpaired) electrons. The van der Waals surface area contributed by atoms with Crippen LogP contribution in [0.15, 0.2) is 42.6 Å². The second-order valence-corrected chi connectivity index (χ2v) is 11.0. The highest BCUT2D eigenvalue weighted by atomic mass is 14.7. The van der Waals surface area contributed by atoms with Gasteiger partial charge in [-0.15, -0.1) is 0 Å². The molecule has 0 unspecified atom stereocenters. The van der Waals surface area contributed by atoms with Crippen molar-refractivity contribution >= 4 is 0 Å². The second-order valence-electron chi connectivity index (χ2n) is 11.0. The number of nitrogens with zero attached hydrogens (tertiary/aromatic N) is 1. The summed E-state index contributed by atoms with van der Waals surface area (Å²) in [6, 6.07) is 13.7. The molecule has 1 saturated carbocycles. The molecular formula is C33H51N. The molecule has 3 rings (SSSR count). The molecule has 0 saturated heterocycles. The van der Waals surface area contributed by atoms with Crippen LogP contribution in [0, 0.1) is 11.8 Å². The van der Waals surface area contributed by atoms with Crippen molar-refractivity contribution in [1.29, 1.82) is 0 Å². The minimum atomic E-state index is 0.951. The predicted octanol–water partition coefficient (Wildman–Crippen LogP) is 10.4. The van der Waals surface area contributed by atoms with Gasteiger partial charge in [0.05, 0.1) is 5.69 Å². The van der Waals surface area contributed by atoms with Gasteiger partial charge in [-0.05, 0) is 54.7 Å². The number of hydrogen-bond donors (Lipinski definition) is 0. The quantitative estimate of drug-likeness (QED) is 0.226. The fourth-order valence-electron chi connectivity index (χ4n) is 5.73. The molecule has 1 aromatic heterocycles. The smallest absolute Gasteiger partial charge is 0.0702 e. The Kier molecular flexibility index (Phi) is 12.8. The molecule has 1 aromatic carbocycles. The van der Waals surface area contributed by atoms with E-state index in [9.17, 15) is 0 Å². The first-order chi connectivity index (χ1) is 16.8. The molecule has 1 nitrogen and oxygen atoms in total. The number of aryl methyl sites for hydroxylation is 2. The first kappa shape index (κ1) is 27.0. The summed E-state index contributed by atoms with van der Waals surface area (Å²) in [5, 5.41) is 0. The summed E-state index contributed by atoms with van der Waals surface area (Å²) in [6.07, 6.45) is 27.1. The van der Waals surface area contributed by atoms with Crippen molar-refractivity contribution in [3.05, 3.63) is 53.7 Å². The average Bonchev–Trinajstić information content (AvgIpc) is 2.89. The van der Waals surface area contributed by atoms with Gasteiger partial charge in [-0.2, -0.15) is 0 Å². The van der Waals surface area contributed by atoms with Crippen molar-refractivity contribution in [1.82, 2.24) is 4.98 Å². The lowest BCUT2D eigenvalue weighted by molar-refractivity contribution is 0.248. The number of rotatable bonds is 16. The average molecular weight is 462 g/mol. The lowest BCUT2D eigenvalue weighted by atomic mass is 9.77. The third-order valence-electron chi connectivity index (χ3n) is 8.17. The zero-order valence-corrected chi connectivity index (χ0v) is 22.4. The van der Waals surface area contributed by atoms with Gasteiger partial charge >= 0.3 is 0 Å². The molecule has 1 aliphatic rings. The maximum Gasteiger partial charge on any atom is 0.0702 e. The maximum atomic E-state index is 4.74. The van der Waals surface area contributed by atoms with Gasteiger partial charge in [0.25, 0.3) is 0 Å². The summed E-state index contributed by atoms with van der Waals surface area (Å²) in [7, 11) is 0. The van der Waals surface area contributed by atoms with Gasteiger partial charge in [-0.1, -0.05) is 134 Å². The number of hydrogen-bond acceptors (Lipinski definition) is 1. The summed E-state index contributed by atoms with van der Waals surface area (Å²) in [4.78, 5) is 4.74. The van der Waals surface area contributed by atoms with Crippen LogP contribution in [0.5, 0.6) is 0 Å². The Morgan fingerprint density at radius 1 is 0.588 bits per heavy atom. The Balaban J connectivity index is 1.32. The van der Waals surface area contributed by atoms with Gasteiger partial charge in [-0.3, -0.25) is 4.98 Å². The van der Waals surface area contributed by atoms with E-state index < -0.39 is 0 Å². The molecule has 2 aromatic rings. The van der Waals surface area contributed by atoms with Crippen LogP contribution in [0.1, 0.15) is 128 Å². The molecule has 1 aliphatic carbocycles.